The van der Waals surface area contributed by atoms with Gasteiger partial charge in [-0.05, 0) is 47.4 Å². The summed E-state index contributed by atoms with van der Waals surface area (Å²) >= 11 is 0. The van der Waals surface area contributed by atoms with Gasteiger partial charge in [-0.2, -0.15) is 0 Å². The van der Waals surface area contributed by atoms with Gasteiger partial charge in [-0.1, -0.05) is 0 Å². The fraction of sp³-hybridized carbons (Fsp3) is 0.400. The topological polar surface area (TPSA) is 100 Å². The standard InChI is InChI=1S/C20H26N2O6S/c1-25-16-9-15-12-22(6-5-14(15)10-19(16)29(21,23)24)11-13-7-17(26-2)20(28-4)18(8-13)27-3/h7-10H,5-6,11-12H2,1-4H3,(H2,21,23,24). The van der Waals surface area contributed by atoms with Crippen molar-refractivity contribution in [2.45, 2.75) is 24.4 Å². The molecule has 0 saturated heterocycles. The van der Waals surface area contributed by atoms with Crippen LogP contribution >= 0.6 is 0 Å². The zero-order valence-corrected chi connectivity index (χ0v) is 17.8. The van der Waals surface area contributed by atoms with Crippen molar-refractivity contribution in [3.05, 3.63) is 41.0 Å². The van der Waals surface area contributed by atoms with Crippen LogP contribution in [0.1, 0.15) is 16.7 Å². The van der Waals surface area contributed by atoms with Crippen LogP contribution in [-0.4, -0.2) is 48.3 Å². The molecule has 0 spiro atoms. The number of hydrogen-bond acceptors (Lipinski definition) is 7. The highest BCUT2D eigenvalue weighted by Crippen LogP contribution is 2.39. The van der Waals surface area contributed by atoms with E-state index in [1.165, 1.54) is 7.11 Å². The summed E-state index contributed by atoms with van der Waals surface area (Å²) in [5, 5.41) is 5.32. The summed E-state index contributed by atoms with van der Waals surface area (Å²) in [6.07, 6.45) is 0.715. The largest absolute Gasteiger partial charge is 0.495 e. The third-order valence-electron chi connectivity index (χ3n) is 5.01. The Balaban J connectivity index is 1.87. The number of fused-ring (bicyclic) bond motifs is 1. The minimum absolute atomic E-state index is 0.0248. The van der Waals surface area contributed by atoms with Crippen molar-refractivity contribution in [1.29, 1.82) is 0 Å². The Morgan fingerprint density at radius 3 is 2.03 bits per heavy atom. The normalized spacial score (nSPS) is 14.2. The number of primary sulfonamides is 1. The average Bonchev–Trinajstić information content (AvgIpc) is 2.71. The summed E-state index contributed by atoms with van der Waals surface area (Å²) in [6, 6.07) is 7.25. The van der Waals surface area contributed by atoms with Gasteiger partial charge in [0.1, 0.15) is 10.6 Å². The van der Waals surface area contributed by atoms with Gasteiger partial charge in [-0.15, -0.1) is 0 Å². The Morgan fingerprint density at radius 1 is 0.897 bits per heavy atom. The number of nitrogens with two attached hydrogens (primary N) is 1. The third kappa shape index (κ3) is 4.42. The molecule has 2 aromatic rings. The number of ether oxygens (including phenoxy) is 4. The van der Waals surface area contributed by atoms with Gasteiger partial charge in [0.05, 0.1) is 28.4 Å². The predicted molar refractivity (Wildman–Crippen MR) is 108 cm³/mol. The highest BCUT2D eigenvalue weighted by molar-refractivity contribution is 7.89. The number of sulfonamides is 1. The molecule has 1 aliphatic rings. The van der Waals surface area contributed by atoms with Crippen molar-refractivity contribution in [3.63, 3.8) is 0 Å². The summed E-state index contributed by atoms with van der Waals surface area (Å²) in [5.41, 5.74) is 3.01. The van der Waals surface area contributed by atoms with E-state index in [9.17, 15) is 8.42 Å². The number of hydrogen-bond donors (Lipinski definition) is 1. The summed E-state index contributed by atoms with van der Waals surface area (Å²) in [6.45, 7) is 2.11. The lowest BCUT2D eigenvalue weighted by Crippen LogP contribution is -2.30. The number of benzene rings is 2. The molecular formula is C20H26N2O6S. The average molecular weight is 423 g/mol. The first kappa shape index (κ1) is 21.2. The summed E-state index contributed by atoms with van der Waals surface area (Å²) in [5.74, 6) is 2.04. The van der Waals surface area contributed by atoms with Crippen LogP contribution < -0.4 is 24.1 Å². The van der Waals surface area contributed by atoms with Gasteiger partial charge in [0.25, 0.3) is 0 Å². The van der Waals surface area contributed by atoms with Gasteiger partial charge in [-0.3, -0.25) is 4.90 Å². The molecule has 1 aliphatic heterocycles. The smallest absolute Gasteiger partial charge is 0.241 e. The minimum Gasteiger partial charge on any atom is -0.495 e. The second kappa shape index (κ2) is 8.48. The van der Waals surface area contributed by atoms with Crippen LogP contribution in [-0.2, 0) is 29.5 Å². The molecule has 1 heterocycles. The monoisotopic (exact) mass is 422 g/mol. The molecule has 0 aliphatic carbocycles. The third-order valence-corrected chi connectivity index (χ3v) is 5.95. The van der Waals surface area contributed by atoms with Crippen LogP contribution in [0.15, 0.2) is 29.2 Å². The Labute approximate surface area is 171 Å². The molecule has 2 aromatic carbocycles. The van der Waals surface area contributed by atoms with E-state index in [4.69, 9.17) is 24.1 Å². The van der Waals surface area contributed by atoms with E-state index in [0.717, 1.165) is 23.2 Å². The van der Waals surface area contributed by atoms with E-state index in [0.29, 0.717) is 36.8 Å². The predicted octanol–water partition coefficient (Wildman–Crippen LogP) is 1.93. The van der Waals surface area contributed by atoms with Crippen LogP contribution in [0.4, 0.5) is 0 Å². The maximum atomic E-state index is 11.8. The van der Waals surface area contributed by atoms with Crippen molar-refractivity contribution in [3.8, 4) is 23.0 Å². The van der Waals surface area contributed by atoms with Crippen LogP contribution in [0.3, 0.4) is 0 Å². The van der Waals surface area contributed by atoms with Gasteiger partial charge in [0.15, 0.2) is 11.5 Å². The number of nitrogens with zero attached hydrogens (tertiary/aromatic N) is 1. The van der Waals surface area contributed by atoms with E-state index in [-0.39, 0.29) is 10.6 Å². The molecule has 29 heavy (non-hydrogen) atoms. The van der Waals surface area contributed by atoms with E-state index >= 15 is 0 Å². The van der Waals surface area contributed by atoms with Crippen molar-refractivity contribution in [1.82, 2.24) is 4.90 Å². The molecule has 0 radical (unpaired) electrons. The van der Waals surface area contributed by atoms with Gasteiger partial charge < -0.3 is 18.9 Å². The molecule has 0 fully saturated rings. The van der Waals surface area contributed by atoms with Crippen LogP contribution in [0.2, 0.25) is 0 Å². The molecule has 0 unspecified atom stereocenters. The van der Waals surface area contributed by atoms with Crippen LogP contribution in [0.25, 0.3) is 0 Å². The summed E-state index contributed by atoms with van der Waals surface area (Å²) in [7, 11) is 2.35. The zero-order valence-electron chi connectivity index (χ0n) is 17.0. The molecule has 0 aromatic heterocycles. The Morgan fingerprint density at radius 2 is 1.52 bits per heavy atom. The van der Waals surface area contributed by atoms with Gasteiger partial charge in [0.2, 0.25) is 15.8 Å². The second-order valence-corrected chi connectivity index (χ2v) is 8.34. The molecule has 0 atom stereocenters. The van der Waals surface area contributed by atoms with E-state index in [1.807, 2.05) is 12.1 Å². The van der Waals surface area contributed by atoms with E-state index in [2.05, 4.69) is 4.90 Å². The summed E-state index contributed by atoms with van der Waals surface area (Å²) < 4.78 is 45.2. The lowest BCUT2D eigenvalue weighted by Gasteiger charge is -2.30. The first-order chi connectivity index (χ1) is 13.8. The van der Waals surface area contributed by atoms with Crippen molar-refractivity contribution in [2.24, 2.45) is 5.14 Å². The quantitative estimate of drug-likeness (QED) is 0.728. The van der Waals surface area contributed by atoms with Gasteiger partial charge >= 0.3 is 0 Å². The van der Waals surface area contributed by atoms with Crippen LogP contribution in [0, 0.1) is 0 Å². The maximum absolute atomic E-state index is 11.8. The maximum Gasteiger partial charge on any atom is 0.241 e. The highest BCUT2D eigenvalue weighted by atomic mass is 32.2. The van der Waals surface area contributed by atoms with Crippen LogP contribution in [0.5, 0.6) is 23.0 Å². The van der Waals surface area contributed by atoms with Crippen molar-refractivity contribution < 1.29 is 27.4 Å². The lowest BCUT2D eigenvalue weighted by molar-refractivity contribution is 0.243. The first-order valence-corrected chi connectivity index (χ1v) is 10.6. The highest BCUT2D eigenvalue weighted by Gasteiger charge is 2.23. The zero-order chi connectivity index (χ0) is 21.2. The Hall–Kier alpha value is -2.49. The number of methoxy groups -OCH3 is 4. The first-order valence-electron chi connectivity index (χ1n) is 9.04. The van der Waals surface area contributed by atoms with Gasteiger partial charge in [-0.25, -0.2) is 13.6 Å². The molecule has 8 nitrogen and oxygen atoms in total. The molecular weight excluding hydrogens is 396 g/mol. The Bertz CT molecular complexity index is 981. The minimum atomic E-state index is -3.84. The van der Waals surface area contributed by atoms with Crippen molar-refractivity contribution >= 4 is 10.0 Å². The lowest BCUT2D eigenvalue weighted by atomic mass is 9.99. The Kier molecular flexibility index (Phi) is 6.21. The van der Waals surface area contributed by atoms with E-state index < -0.39 is 10.0 Å². The molecule has 0 bridgehead atoms. The molecule has 9 heteroatoms. The molecule has 2 N–H and O–H groups in total. The second-order valence-electron chi connectivity index (χ2n) is 6.81. The van der Waals surface area contributed by atoms with Gasteiger partial charge in [0, 0.05) is 19.6 Å². The fourth-order valence-corrected chi connectivity index (χ4v) is 4.35. The summed E-state index contributed by atoms with van der Waals surface area (Å²) in [4.78, 5) is 2.29. The molecule has 0 amide bonds. The fourth-order valence-electron chi connectivity index (χ4n) is 3.62. The molecule has 0 saturated carbocycles. The van der Waals surface area contributed by atoms with E-state index in [1.54, 1.807) is 33.5 Å². The molecule has 3 rings (SSSR count). The van der Waals surface area contributed by atoms with Crippen molar-refractivity contribution in [2.75, 3.05) is 35.0 Å². The number of rotatable bonds is 7. The SMILES string of the molecule is COc1cc2c(cc1S(N)(=O)=O)CCN(Cc1cc(OC)c(OC)c(OC)c1)C2. The molecule has 158 valence electrons.